The molecule has 1 unspecified atom stereocenters. The fraction of sp³-hybridized carbons (Fsp3) is 0.455. The van der Waals surface area contributed by atoms with Crippen LogP contribution in [-0.4, -0.2) is 18.8 Å². The van der Waals surface area contributed by atoms with Gasteiger partial charge in [0.2, 0.25) is 0 Å². The molecule has 3 N–H and O–H groups in total. The number of methoxy groups -OCH3 is 1. The normalized spacial score (nSPS) is 13.5. The van der Waals surface area contributed by atoms with Gasteiger partial charge in [0.25, 0.3) is 0 Å². The standard InChI is InChI=1S/C11H14F3NO2/c1-17-10-3-2-7(9(15)4-5-16)6-8(10)11(12,13)14/h2-3,6,9,16H,4-5,15H2,1H3. The van der Waals surface area contributed by atoms with Crippen LogP contribution in [0.4, 0.5) is 13.2 Å². The summed E-state index contributed by atoms with van der Waals surface area (Å²) in [5.41, 5.74) is 5.11. The zero-order valence-electron chi connectivity index (χ0n) is 9.29. The van der Waals surface area contributed by atoms with E-state index in [2.05, 4.69) is 4.74 Å². The second kappa shape index (κ2) is 5.37. The molecule has 0 spiro atoms. The molecular formula is C11H14F3NO2. The molecule has 1 atom stereocenters. The Morgan fingerprint density at radius 3 is 2.53 bits per heavy atom. The molecule has 0 aliphatic heterocycles. The van der Waals surface area contributed by atoms with Crippen LogP contribution in [-0.2, 0) is 6.18 Å². The second-order valence-electron chi connectivity index (χ2n) is 3.58. The van der Waals surface area contributed by atoms with Crippen LogP contribution in [0.1, 0.15) is 23.6 Å². The molecule has 0 bridgehead atoms. The van der Waals surface area contributed by atoms with Gasteiger partial charge in [-0.15, -0.1) is 0 Å². The zero-order valence-corrected chi connectivity index (χ0v) is 9.29. The van der Waals surface area contributed by atoms with E-state index in [0.29, 0.717) is 5.56 Å². The summed E-state index contributed by atoms with van der Waals surface area (Å²) < 4.78 is 42.7. The van der Waals surface area contributed by atoms with Crippen molar-refractivity contribution in [2.24, 2.45) is 5.73 Å². The van der Waals surface area contributed by atoms with Gasteiger partial charge >= 0.3 is 6.18 Å². The number of halogens is 3. The van der Waals surface area contributed by atoms with Gasteiger partial charge in [-0.05, 0) is 24.1 Å². The first-order valence-corrected chi connectivity index (χ1v) is 5.01. The van der Waals surface area contributed by atoms with Crippen LogP contribution in [0.5, 0.6) is 5.75 Å². The quantitative estimate of drug-likeness (QED) is 0.859. The number of rotatable bonds is 4. The van der Waals surface area contributed by atoms with Gasteiger partial charge in [-0.25, -0.2) is 0 Å². The topological polar surface area (TPSA) is 55.5 Å². The Hall–Kier alpha value is -1.27. The molecular weight excluding hydrogens is 235 g/mol. The highest BCUT2D eigenvalue weighted by atomic mass is 19.4. The summed E-state index contributed by atoms with van der Waals surface area (Å²) in [7, 11) is 1.18. The van der Waals surface area contributed by atoms with Gasteiger partial charge in [-0.3, -0.25) is 0 Å². The zero-order chi connectivity index (χ0) is 13.1. The molecule has 0 aliphatic rings. The second-order valence-corrected chi connectivity index (χ2v) is 3.58. The minimum Gasteiger partial charge on any atom is -0.496 e. The lowest BCUT2D eigenvalue weighted by atomic mass is 10.0. The lowest BCUT2D eigenvalue weighted by molar-refractivity contribution is -0.138. The van der Waals surface area contributed by atoms with Crippen LogP contribution in [0.25, 0.3) is 0 Å². The molecule has 6 heteroatoms. The van der Waals surface area contributed by atoms with Gasteiger partial charge in [0.05, 0.1) is 12.7 Å². The van der Waals surface area contributed by atoms with Crippen LogP contribution >= 0.6 is 0 Å². The van der Waals surface area contributed by atoms with Crippen molar-refractivity contribution in [3.05, 3.63) is 29.3 Å². The van der Waals surface area contributed by atoms with Gasteiger partial charge in [0, 0.05) is 12.6 Å². The number of ether oxygens (including phenoxy) is 1. The number of hydrogen-bond acceptors (Lipinski definition) is 3. The molecule has 1 rings (SSSR count). The summed E-state index contributed by atoms with van der Waals surface area (Å²) >= 11 is 0. The predicted octanol–water partition coefficient (Wildman–Crippen LogP) is 2.10. The van der Waals surface area contributed by atoms with E-state index in [4.69, 9.17) is 10.8 Å². The van der Waals surface area contributed by atoms with Gasteiger partial charge in [-0.2, -0.15) is 13.2 Å². The van der Waals surface area contributed by atoms with Crippen LogP contribution in [0.2, 0.25) is 0 Å². The fourth-order valence-electron chi connectivity index (χ4n) is 1.48. The van der Waals surface area contributed by atoms with Crippen molar-refractivity contribution < 1.29 is 23.0 Å². The summed E-state index contributed by atoms with van der Waals surface area (Å²) in [6.07, 6.45) is -4.27. The third-order valence-electron chi connectivity index (χ3n) is 2.40. The van der Waals surface area contributed by atoms with Crippen molar-refractivity contribution in [3.63, 3.8) is 0 Å². The Kier molecular flexibility index (Phi) is 4.36. The fourth-order valence-corrected chi connectivity index (χ4v) is 1.48. The molecule has 0 fully saturated rings. The first-order chi connectivity index (χ1) is 7.90. The van der Waals surface area contributed by atoms with Crippen LogP contribution in [0.3, 0.4) is 0 Å². The first kappa shape index (κ1) is 13.8. The summed E-state index contributed by atoms with van der Waals surface area (Å²) in [5.74, 6) is -0.238. The molecule has 1 aromatic rings. The molecule has 0 aromatic heterocycles. The Labute approximate surface area is 97.0 Å². The largest absolute Gasteiger partial charge is 0.496 e. The molecule has 0 aliphatic carbocycles. The van der Waals surface area contributed by atoms with Gasteiger partial charge in [0.1, 0.15) is 5.75 Å². The van der Waals surface area contributed by atoms with Crippen molar-refractivity contribution in [2.75, 3.05) is 13.7 Å². The molecule has 1 aromatic carbocycles. The van der Waals surface area contributed by atoms with E-state index >= 15 is 0 Å². The number of alkyl halides is 3. The van der Waals surface area contributed by atoms with E-state index in [1.807, 2.05) is 0 Å². The van der Waals surface area contributed by atoms with Gasteiger partial charge in [0.15, 0.2) is 0 Å². The lowest BCUT2D eigenvalue weighted by Crippen LogP contribution is -2.14. The third kappa shape index (κ3) is 3.34. The Balaban J connectivity index is 3.13. The Morgan fingerprint density at radius 1 is 1.41 bits per heavy atom. The highest BCUT2D eigenvalue weighted by molar-refractivity contribution is 5.40. The van der Waals surface area contributed by atoms with Crippen molar-refractivity contribution in [3.8, 4) is 5.75 Å². The maximum Gasteiger partial charge on any atom is 0.419 e. The minimum absolute atomic E-state index is 0.172. The summed E-state index contributed by atoms with van der Waals surface area (Å²) in [4.78, 5) is 0. The SMILES string of the molecule is COc1ccc(C(N)CCO)cc1C(F)(F)F. The van der Waals surface area contributed by atoms with E-state index in [1.165, 1.54) is 19.2 Å². The highest BCUT2D eigenvalue weighted by Crippen LogP contribution is 2.37. The average molecular weight is 249 g/mol. The van der Waals surface area contributed by atoms with E-state index in [9.17, 15) is 13.2 Å². The third-order valence-corrected chi connectivity index (χ3v) is 2.40. The maximum atomic E-state index is 12.7. The van der Waals surface area contributed by atoms with Gasteiger partial charge in [-0.1, -0.05) is 6.07 Å². The number of hydrogen-bond donors (Lipinski definition) is 2. The van der Waals surface area contributed by atoms with Crippen molar-refractivity contribution >= 4 is 0 Å². The Bertz CT molecular complexity index is 379. The number of nitrogens with two attached hydrogens (primary N) is 1. The van der Waals surface area contributed by atoms with Crippen molar-refractivity contribution in [2.45, 2.75) is 18.6 Å². The highest BCUT2D eigenvalue weighted by Gasteiger charge is 2.34. The molecule has 96 valence electrons. The maximum absolute atomic E-state index is 12.7. The van der Waals surface area contributed by atoms with Crippen LogP contribution in [0, 0.1) is 0 Å². The number of aliphatic hydroxyl groups is 1. The monoisotopic (exact) mass is 249 g/mol. The summed E-state index contributed by atoms with van der Waals surface area (Å²) in [6.45, 7) is -0.172. The molecule has 0 amide bonds. The number of aliphatic hydroxyl groups excluding tert-OH is 1. The summed E-state index contributed by atoms with van der Waals surface area (Å²) in [6, 6.07) is 3.04. The van der Waals surface area contributed by atoms with E-state index < -0.39 is 17.8 Å². The molecule has 17 heavy (non-hydrogen) atoms. The Morgan fingerprint density at radius 2 is 2.06 bits per heavy atom. The van der Waals surface area contributed by atoms with Crippen molar-refractivity contribution in [1.29, 1.82) is 0 Å². The predicted molar refractivity (Wildman–Crippen MR) is 56.6 cm³/mol. The average Bonchev–Trinajstić information content (AvgIpc) is 2.27. The van der Waals surface area contributed by atoms with E-state index in [1.54, 1.807) is 0 Å². The number of benzene rings is 1. The van der Waals surface area contributed by atoms with Crippen molar-refractivity contribution in [1.82, 2.24) is 0 Å². The minimum atomic E-state index is -4.49. The van der Waals surface area contributed by atoms with E-state index in [0.717, 1.165) is 6.07 Å². The molecule has 0 heterocycles. The van der Waals surface area contributed by atoms with Crippen LogP contribution in [0.15, 0.2) is 18.2 Å². The van der Waals surface area contributed by atoms with Crippen LogP contribution < -0.4 is 10.5 Å². The van der Waals surface area contributed by atoms with Gasteiger partial charge < -0.3 is 15.6 Å². The smallest absolute Gasteiger partial charge is 0.419 e. The van der Waals surface area contributed by atoms with E-state index in [-0.39, 0.29) is 18.8 Å². The molecule has 3 nitrogen and oxygen atoms in total. The lowest BCUT2D eigenvalue weighted by Gasteiger charge is -2.16. The summed E-state index contributed by atoms with van der Waals surface area (Å²) in [5, 5.41) is 8.70. The first-order valence-electron chi connectivity index (χ1n) is 5.01. The molecule has 0 saturated carbocycles. The molecule has 0 radical (unpaired) electrons. The molecule has 0 saturated heterocycles.